The van der Waals surface area contributed by atoms with Gasteiger partial charge in [-0.15, -0.1) is 0 Å². The molecule has 1 aliphatic heterocycles. The molecule has 1 amide bonds. The summed E-state index contributed by atoms with van der Waals surface area (Å²) in [6, 6.07) is 12.0. The zero-order valence-electron chi connectivity index (χ0n) is 16.6. The maximum Gasteiger partial charge on any atom is 0.330 e. The molecule has 0 saturated carbocycles. The average Bonchev–Trinajstić information content (AvgIpc) is 2.77. The van der Waals surface area contributed by atoms with Gasteiger partial charge in [0.05, 0.1) is 26.3 Å². The summed E-state index contributed by atoms with van der Waals surface area (Å²) in [5.74, 6) is -0.0372. The van der Waals surface area contributed by atoms with E-state index in [1.165, 1.54) is 25.2 Å². The molecule has 2 aromatic carbocycles. The van der Waals surface area contributed by atoms with Crippen molar-refractivity contribution in [2.45, 2.75) is 6.42 Å². The van der Waals surface area contributed by atoms with Gasteiger partial charge in [-0.05, 0) is 35.9 Å². The Morgan fingerprint density at radius 3 is 2.70 bits per heavy atom. The van der Waals surface area contributed by atoms with Gasteiger partial charge in [0.25, 0.3) is 5.91 Å². The predicted molar refractivity (Wildman–Crippen MR) is 109 cm³/mol. The second kappa shape index (κ2) is 9.60. The minimum atomic E-state index is -0.511. The summed E-state index contributed by atoms with van der Waals surface area (Å²) in [7, 11) is 2.74. The first-order valence-electron chi connectivity index (χ1n) is 9.18. The average molecular weight is 411 g/mol. The third-order valence-corrected chi connectivity index (χ3v) is 4.37. The molecule has 156 valence electrons. The Morgan fingerprint density at radius 2 is 1.93 bits per heavy atom. The molecular weight excluding hydrogens is 390 g/mol. The number of hydrogen-bond donors (Lipinski definition) is 0. The normalized spacial score (nSPS) is 12.9. The highest BCUT2D eigenvalue weighted by molar-refractivity contribution is 5.98. The van der Waals surface area contributed by atoms with Crippen LogP contribution in [0.5, 0.6) is 17.2 Å². The largest absolute Gasteiger partial charge is 0.493 e. The van der Waals surface area contributed by atoms with E-state index in [0.29, 0.717) is 22.7 Å². The number of amides is 1. The first-order chi connectivity index (χ1) is 14.5. The van der Waals surface area contributed by atoms with Crippen LogP contribution in [-0.4, -0.2) is 45.2 Å². The van der Waals surface area contributed by atoms with Crippen LogP contribution in [0, 0.1) is 0 Å². The van der Waals surface area contributed by atoms with E-state index in [9.17, 15) is 14.4 Å². The molecule has 0 aromatic heterocycles. The molecular formula is C22H21NO7. The smallest absolute Gasteiger partial charge is 0.330 e. The van der Waals surface area contributed by atoms with Gasteiger partial charge in [-0.2, -0.15) is 0 Å². The molecule has 30 heavy (non-hydrogen) atoms. The van der Waals surface area contributed by atoms with Crippen molar-refractivity contribution in [2.24, 2.45) is 0 Å². The van der Waals surface area contributed by atoms with Crippen LogP contribution >= 0.6 is 0 Å². The number of esters is 2. The van der Waals surface area contributed by atoms with Crippen LogP contribution in [-0.2, 0) is 19.1 Å². The number of fused-ring (bicyclic) bond motifs is 1. The highest BCUT2D eigenvalue weighted by Gasteiger charge is 2.25. The minimum Gasteiger partial charge on any atom is -0.493 e. The van der Waals surface area contributed by atoms with Crippen molar-refractivity contribution >= 4 is 29.6 Å². The SMILES string of the molecule is COC(=O)/C=C/c1ccc(OC(=O)CCN2C(=O)COc3ccccc32)c(OC)c1. The van der Waals surface area contributed by atoms with Crippen molar-refractivity contribution in [3.05, 3.63) is 54.1 Å². The van der Waals surface area contributed by atoms with E-state index in [1.54, 1.807) is 42.5 Å². The fourth-order valence-electron chi connectivity index (χ4n) is 2.88. The number of carbonyl (C=O) groups is 3. The van der Waals surface area contributed by atoms with Crippen LogP contribution in [0.2, 0.25) is 0 Å². The zero-order chi connectivity index (χ0) is 21.5. The maximum atomic E-state index is 12.4. The van der Waals surface area contributed by atoms with E-state index >= 15 is 0 Å². The van der Waals surface area contributed by atoms with Crippen LogP contribution < -0.4 is 19.1 Å². The summed E-state index contributed by atoms with van der Waals surface area (Å²) in [6.07, 6.45) is 2.83. The summed E-state index contributed by atoms with van der Waals surface area (Å²) < 4.78 is 20.6. The van der Waals surface area contributed by atoms with Gasteiger partial charge in [0, 0.05) is 12.6 Å². The van der Waals surface area contributed by atoms with Crippen molar-refractivity contribution in [3.63, 3.8) is 0 Å². The fraction of sp³-hybridized carbons (Fsp3) is 0.227. The van der Waals surface area contributed by atoms with Crippen LogP contribution in [0.15, 0.2) is 48.5 Å². The first-order valence-corrected chi connectivity index (χ1v) is 9.18. The number of methoxy groups -OCH3 is 2. The Kier molecular flexibility index (Phi) is 6.69. The number of ether oxygens (including phenoxy) is 4. The second-order valence-corrected chi connectivity index (χ2v) is 6.29. The molecule has 1 heterocycles. The molecule has 0 saturated heterocycles. The third-order valence-electron chi connectivity index (χ3n) is 4.37. The summed E-state index contributed by atoms with van der Waals surface area (Å²) in [5, 5.41) is 0. The zero-order valence-corrected chi connectivity index (χ0v) is 16.6. The van der Waals surface area contributed by atoms with Gasteiger partial charge >= 0.3 is 11.9 Å². The van der Waals surface area contributed by atoms with E-state index in [0.717, 1.165) is 0 Å². The van der Waals surface area contributed by atoms with Gasteiger partial charge in [0.2, 0.25) is 0 Å². The van der Waals surface area contributed by atoms with Crippen molar-refractivity contribution in [1.82, 2.24) is 0 Å². The third kappa shape index (κ3) is 4.96. The Morgan fingerprint density at radius 1 is 1.13 bits per heavy atom. The van der Waals surface area contributed by atoms with Gasteiger partial charge in [-0.3, -0.25) is 9.59 Å². The number of nitrogens with zero attached hydrogens (tertiary/aromatic N) is 1. The van der Waals surface area contributed by atoms with E-state index in [4.69, 9.17) is 14.2 Å². The summed E-state index contributed by atoms with van der Waals surface area (Å²) in [6.45, 7) is 0.0980. The number of hydrogen-bond acceptors (Lipinski definition) is 7. The van der Waals surface area contributed by atoms with Crippen LogP contribution in [0.3, 0.4) is 0 Å². The molecule has 0 bridgehead atoms. The van der Waals surface area contributed by atoms with Gasteiger partial charge in [0.15, 0.2) is 18.1 Å². The number of benzene rings is 2. The lowest BCUT2D eigenvalue weighted by molar-refractivity contribution is -0.135. The monoisotopic (exact) mass is 411 g/mol. The molecule has 0 radical (unpaired) electrons. The van der Waals surface area contributed by atoms with Gasteiger partial charge in [0.1, 0.15) is 5.75 Å². The number of para-hydroxylation sites is 2. The second-order valence-electron chi connectivity index (χ2n) is 6.29. The predicted octanol–water partition coefficient (Wildman–Crippen LogP) is 2.60. The quantitative estimate of drug-likeness (QED) is 0.393. The van der Waals surface area contributed by atoms with Crippen molar-refractivity contribution in [3.8, 4) is 17.2 Å². The summed E-state index contributed by atoms with van der Waals surface area (Å²) in [5.41, 5.74) is 1.30. The summed E-state index contributed by atoms with van der Waals surface area (Å²) >= 11 is 0. The summed E-state index contributed by atoms with van der Waals surface area (Å²) in [4.78, 5) is 37.3. The Labute approximate surface area is 173 Å². The molecule has 0 unspecified atom stereocenters. The number of carbonyl (C=O) groups excluding carboxylic acids is 3. The minimum absolute atomic E-state index is 0.00672. The van der Waals surface area contributed by atoms with E-state index in [2.05, 4.69) is 4.74 Å². The van der Waals surface area contributed by atoms with E-state index in [1.807, 2.05) is 6.07 Å². The number of rotatable bonds is 7. The highest BCUT2D eigenvalue weighted by atomic mass is 16.6. The fourth-order valence-corrected chi connectivity index (χ4v) is 2.88. The van der Waals surface area contributed by atoms with E-state index in [-0.39, 0.29) is 31.2 Å². The van der Waals surface area contributed by atoms with Crippen LogP contribution in [0.1, 0.15) is 12.0 Å². The standard InChI is InChI=1S/C22H21NO7/c1-27-19-13-15(8-10-21(25)28-2)7-9-18(19)30-22(26)11-12-23-16-5-3-4-6-17(16)29-14-20(23)24/h3-10,13H,11-12,14H2,1-2H3/b10-8+. The molecule has 0 N–H and O–H groups in total. The van der Waals surface area contributed by atoms with E-state index < -0.39 is 11.9 Å². The maximum absolute atomic E-state index is 12.4. The lowest BCUT2D eigenvalue weighted by Crippen LogP contribution is -2.40. The molecule has 8 heteroatoms. The van der Waals surface area contributed by atoms with Crippen LogP contribution in [0.25, 0.3) is 6.08 Å². The molecule has 2 aromatic rings. The van der Waals surface area contributed by atoms with Crippen molar-refractivity contribution in [2.75, 3.05) is 32.3 Å². The van der Waals surface area contributed by atoms with Crippen molar-refractivity contribution in [1.29, 1.82) is 0 Å². The highest BCUT2D eigenvalue weighted by Crippen LogP contribution is 2.32. The topological polar surface area (TPSA) is 91.4 Å². The Bertz CT molecular complexity index is 983. The molecule has 0 atom stereocenters. The lowest BCUT2D eigenvalue weighted by atomic mass is 10.2. The number of anilines is 1. The molecule has 1 aliphatic rings. The van der Waals surface area contributed by atoms with Crippen molar-refractivity contribution < 1.29 is 33.3 Å². The first kappa shape index (κ1) is 20.9. The molecule has 3 rings (SSSR count). The molecule has 0 aliphatic carbocycles. The molecule has 8 nitrogen and oxygen atoms in total. The van der Waals surface area contributed by atoms with Crippen LogP contribution in [0.4, 0.5) is 5.69 Å². The Hall–Kier alpha value is -3.81. The van der Waals surface area contributed by atoms with Gasteiger partial charge in [-0.25, -0.2) is 4.79 Å². The lowest BCUT2D eigenvalue weighted by Gasteiger charge is -2.28. The van der Waals surface area contributed by atoms with Gasteiger partial charge in [-0.1, -0.05) is 18.2 Å². The molecule has 0 fully saturated rings. The molecule has 0 spiro atoms. The Balaban J connectivity index is 1.64. The van der Waals surface area contributed by atoms with Gasteiger partial charge < -0.3 is 23.8 Å².